The van der Waals surface area contributed by atoms with Crippen LogP contribution in [0.15, 0.2) is 0 Å². The molecule has 0 aromatic heterocycles. The van der Waals surface area contributed by atoms with E-state index in [2.05, 4.69) is 5.32 Å². The smallest absolute Gasteiger partial charge is 0.318 e. The van der Waals surface area contributed by atoms with Crippen molar-refractivity contribution in [3.05, 3.63) is 0 Å². The number of urea groups is 1. The molecule has 19 heavy (non-hydrogen) atoms. The fourth-order valence-corrected chi connectivity index (χ4v) is 2.96. The topological polar surface area (TPSA) is 113 Å². The Morgan fingerprint density at radius 1 is 1.32 bits per heavy atom. The molecule has 3 unspecified atom stereocenters. The van der Waals surface area contributed by atoms with Crippen LogP contribution >= 0.6 is 0 Å². The number of hydrogen-bond acceptors (Lipinski definition) is 3. The minimum Gasteiger partial charge on any atom is -0.481 e. The van der Waals surface area contributed by atoms with Gasteiger partial charge in [0.05, 0.1) is 5.92 Å². The lowest BCUT2D eigenvalue weighted by atomic mass is 9.89. The van der Waals surface area contributed by atoms with Crippen LogP contribution in [0.2, 0.25) is 0 Å². The van der Waals surface area contributed by atoms with Gasteiger partial charge in [-0.1, -0.05) is 0 Å². The van der Waals surface area contributed by atoms with E-state index in [4.69, 9.17) is 10.8 Å². The van der Waals surface area contributed by atoms with E-state index >= 15 is 0 Å². The van der Waals surface area contributed by atoms with E-state index in [0.717, 1.165) is 6.42 Å². The Kier molecular flexibility index (Phi) is 3.15. The van der Waals surface area contributed by atoms with Gasteiger partial charge in [-0.25, -0.2) is 4.79 Å². The van der Waals surface area contributed by atoms with E-state index < -0.39 is 29.4 Å². The third-order valence-corrected chi connectivity index (χ3v) is 4.12. The molecule has 7 nitrogen and oxygen atoms in total. The number of aliphatic carboxylic acids is 1. The predicted molar refractivity (Wildman–Crippen MR) is 66.2 cm³/mol. The number of rotatable bonds is 3. The Balaban J connectivity index is 2.09. The summed E-state index contributed by atoms with van der Waals surface area (Å²) in [6, 6.07) is -0.721. The molecule has 2 fully saturated rings. The first-order chi connectivity index (χ1) is 8.74. The van der Waals surface area contributed by atoms with Crippen LogP contribution in [0.3, 0.4) is 0 Å². The van der Waals surface area contributed by atoms with Gasteiger partial charge in [0.15, 0.2) is 0 Å². The Morgan fingerprint density at radius 2 is 1.95 bits per heavy atom. The van der Waals surface area contributed by atoms with Gasteiger partial charge in [0.25, 0.3) is 0 Å². The van der Waals surface area contributed by atoms with Gasteiger partial charge in [0.1, 0.15) is 5.54 Å². The van der Waals surface area contributed by atoms with Gasteiger partial charge in [0.2, 0.25) is 5.91 Å². The van der Waals surface area contributed by atoms with E-state index in [0.29, 0.717) is 12.8 Å². The maximum absolute atomic E-state index is 12.2. The molecule has 0 radical (unpaired) electrons. The normalized spacial score (nSPS) is 29.4. The number of carboxylic acids is 1. The minimum atomic E-state index is -1.14. The Hall–Kier alpha value is -1.79. The van der Waals surface area contributed by atoms with Crippen molar-refractivity contribution in [2.45, 2.75) is 50.7 Å². The molecular formula is C12H19N3O4. The van der Waals surface area contributed by atoms with Crippen molar-refractivity contribution in [2.24, 2.45) is 11.7 Å². The van der Waals surface area contributed by atoms with Crippen molar-refractivity contribution in [2.75, 3.05) is 0 Å². The lowest BCUT2D eigenvalue weighted by Crippen LogP contribution is -2.57. The van der Waals surface area contributed by atoms with Crippen LogP contribution in [0, 0.1) is 5.92 Å². The van der Waals surface area contributed by atoms with E-state index in [-0.39, 0.29) is 12.1 Å². The van der Waals surface area contributed by atoms with Crippen molar-refractivity contribution in [1.82, 2.24) is 10.2 Å². The molecule has 2 bridgehead atoms. The summed E-state index contributed by atoms with van der Waals surface area (Å²) in [5, 5.41) is 11.7. The van der Waals surface area contributed by atoms with E-state index in [9.17, 15) is 14.4 Å². The van der Waals surface area contributed by atoms with Crippen molar-refractivity contribution in [3.63, 3.8) is 0 Å². The molecule has 0 spiro atoms. The molecule has 0 aromatic rings. The molecule has 2 heterocycles. The van der Waals surface area contributed by atoms with Crippen molar-refractivity contribution in [3.8, 4) is 0 Å². The second-order valence-corrected chi connectivity index (χ2v) is 5.81. The van der Waals surface area contributed by atoms with Gasteiger partial charge in [-0.05, 0) is 33.1 Å². The summed E-state index contributed by atoms with van der Waals surface area (Å²) in [6.45, 7) is 3.06. The van der Waals surface area contributed by atoms with E-state index in [1.165, 1.54) is 13.8 Å². The molecule has 3 atom stereocenters. The van der Waals surface area contributed by atoms with Gasteiger partial charge < -0.3 is 21.1 Å². The van der Waals surface area contributed by atoms with Crippen LogP contribution in [0.4, 0.5) is 4.79 Å². The van der Waals surface area contributed by atoms with Gasteiger partial charge in [-0.2, -0.15) is 0 Å². The van der Waals surface area contributed by atoms with Gasteiger partial charge >= 0.3 is 12.0 Å². The summed E-state index contributed by atoms with van der Waals surface area (Å²) >= 11 is 0. The summed E-state index contributed by atoms with van der Waals surface area (Å²) in [6.07, 6.45) is 2.01. The molecule has 3 amide bonds. The summed E-state index contributed by atoms with van der Waals surface area (Å²) in [5.74, 6) is -1.98. The third-order valence-electron chi connectivity index (χ3n) is 4.12. The summed E-state index contributed by atoms with van der Waals surface area (Å²) in [7, 11) is 0. The van der Waals surface area contributed by atoms with Crippen LogP contribution in [0.25, 0.3) is 0 Å². The first-order valence-electron chi connectivity index (χ1n) is 6.37. The molecule has 2 aliphatic heterocycles. The third kappa shape index (κ3) is 2.24. The average Bonchev–Trinajstić information content (AvgIpc) is 2.84. The van der Waals surface area contributed by atoms with Crippen LogP contribution in [-0.2, 0) is 9.59 Å². The highest BCUT2D eigenvalue weighted by atomic mass is 16.4. The van der Waals surface area contributed by atoms with Gasteiger partial charge in [-0.3, -0.25) is 9.59 Å². The second kappa shape index (κ2) is 4.40. The van der Waals surface area contributed by atoms with Crippen molar-refractivity contribution < 1.29 is 19.5 Å². The number of nitrogens with two attached hydrogens (primary N) is 1. The zero-order chi connectivity index (χ0) is 14.4. The lowest BCUT2D eigenvalue weighted by Gasteiger charge is -2.29. The Labute approximate surface area is 111 Å². The number of carbonyl (C=O) groups is 3. The largest absolute Gasteiger partial charge is 0.481 e. The highest BCUT2D eigenvalue weighted by molar-refractivity contribution is 5.89. The molecular weight excluding hydrogens is 250 g/mol. The second-order valence-electron chi connectivity index (χ2n) is 5.81. The molecule has 106 valence electrons. The van der Waals surface area contributed by atoms with Crippen molar-refractivity contribution >= 4 is 17.9 Å². The molecule has 2 rings (SSSR count). The molecule has 2 saturated heterocycles. The number of hydrogen-bond donors (Lipinski definition) is 3. The first kappa shape index (κ1) is 13.6. The number of amides is 3. The van der Waals surface area contributed by atoms with E-state index in [1.54, 1.807) is 4.90 Å². The number of nitrogens with one attached hydrogen (secondary N) is 1. The van der Waals surface area contributed by atoms with Gasteiger partial charge in [0, 0.05) is 12.1 Å². The minimum absolute atomic E-state index is 0.0465. The lowest BCUT2D eigenvalue weighted by molar-refractivity contribution is -0.142. The number of carboxylic acid groups (broad SMARTS) is 1. The number of nitrogens with zero attached hydrogens (tertiary/aromatic N) is 1. The van der Waals surface area contributed by atoms with Crippen LogP contribution in [0.5, 0.6) is 0 Å². The molecule has 2 aliphatic rings. The predicted octanol–water partition coefficient (Wildman–Crippen LogP) is -0.103. The summed E-state index contributed by atoms with van der Waals surface area (Å²) in [5.41, 5.74) is 4.07. The number of carbonyl (C=O) groups excluding carboxylic acids is 2. The first-order valence-corrected chi connectivity index (χ1v) is 6.37. The SMILES string of the molecule is CC(C)(NC(=O)N1C2CCC1C(C(=O)O)C2)C(N)=O. The maximum atomic E-state index is 12.2. The average molecular weight is 269 g/mol. The molecule has 7 heteroatoms. The summed E-state index contributed by atoms with van der Waals surface area (Å²) < 4.78 is 0. The number of fused-ring (bicyclic) bond motifs is 2. The fraction of sp³-hybridized carbons (Fsp3) is 0.750. The monoisotopic (exact) mass is 269 g/mol. The van der Waals surface area contributed by atoms with Crippen LogP contribution in [-0.4, -0.2) is 45.5 Å². The Bertz CT molecular complexity index is 435. The van der Waals surface area contributed by atoms with Gasteiger partial charge in [-0.15, -0.1) is 0 Å². The van der Waals surface area contributed by atoms with Crippen LogP contribution < -0.4 is 11.1 Å². The standard InChI is InChI=1S/C12H19N3O4/c1-12(2,10(13)18)14-11(19)15-6-3-4-8(15)7(5-6)9(16)17/h6-8H,3-5H2,1-2H3,(H2,13,18)(H,14,19)(H,16,17). The molecule has 0 aliphatic carbocycles. The molecule has 0 saturated carbocycles. The molecule has 4 N–H and O–H groups in total. The highest BCUT2D eigenvalue weighted by Crippen LogP contribution is 2.41. The van der Waals surface area contributed by atoms with Crippen molar-refractivity contribution in [1.29, 1.82) is 0 Å². The fourth-order valence-electron chi connectivity index (χ4n) is 2.96. The highest BCUT2D eigenvalue weighted by Gasteiger charge is 2.52. The quantitative estimate of drug-likeness (QED) is 0.663. The van der Waals surface area contributed by atoms with E-state index in [1.807, 2.05) is 0 Å². The zero-order valence-electron chi connectivity index (χ0n) is 11.0. The number of primary amides is 1. The van der Waals surface area contributed by atoms with Crippen LogP contribution in [0.1, 0.15) is 33.1 Å². The maximum Gasteiger partial charge on any atom is 0.318 e. The summed E-state index contributed by atoms with van der Waals surface area (Å²) in [4.78, 5) is 36.1. The zero-order valence-corrected chi connectivity index (χ0v) is 11.0. The molecule has 0 aromatic carbocycles. The Morgan fingerprint density at radius 3 is 2.42 bits per heavy atom.